The van der Waals surface area contributed by atoms with Crippen LogP contribution < -0.4 is 19.1 Å². The molecule has 0 spiro atoms. The largest absolute Gasteiger partial charge is 0.507 e. The van der Waals surface area contributed by atoms with Crippen molar-refractivity contribution in [2.24, 2.45) is 0 Å². The quantitative estimate of drug-likeness (QED) is 0.174. The van der Waals surface area contributed by atoms with E-state index in [2.05, 4.69) is 0 Å². The number of aliphatic hydroxyl groups excluding tert-OH is 1. The topological polar surface area (TPSA) is 98.2 Å². The number of aromatic nitrogens is 1. The van der Waals surface area contributed by atoms with Crippen molar-refractivity contribution in [3.05, 3.63) is 82.4 Å². The Morgan fingerprint density at radius 3 is 2.41 bits per heavy atom. The number of fused-ring (bicyclic) bond motifs is 1. The minimum Gasteiger partial charge on any atom is -0.507 e. The van der Waals surface area contributed by atoms with Crippen molar-refractivity contribution in [2.45, 2.75) is 26.8 Å². The van der Waals surface area contributed by atoms with E-state index in [4.69, 9.17) is 19.2 Å². The molecule has 0 bridgehead atoms. The fraction of sp³-hybridized carbons (Fsp3) is 0.233. The maximum Gasteiger partial charge on any atom is 0.301 e. The zero-order valence-electron chi connectivity index (χ0n) is 22.3. The van der Waals surface area contributed by atoms with Gasteiger partial charge in [-0.05, 0) is 79.9 Å². The van der Waals surface area contributed by atoms with Crippen LogP contribution in [0.25, 0.3) is 16.0 Å². The Morgan fingerprint density at radius 1 is 1.00 bits per heavy atom. The van der Waals surface area contributed by atoms with Gasteiger partial charge in [0.1, 0.15) is 11.5 Å². The van der Waals surface area contributed by atoms with Gasteiger partial charge in [-0.2, -0.15) is 0 Å². The highest BCUT2D eigenvalue weighted by Gasteiger charge is 2.48. The number of thiazole rings is 1. The number of nitrogens with zero attached hydrogens (tertiary/aromatic N) is 2. The van der Waals surface area contributed by atoms with Crippen LogP contribution in [0.2, 0.25) is 0 Å². The number of hydrogen-bond acceptors (Lipinski definition) is 8. The third-order valence-electron chi connectivity index (χ3n) is 6.64. The van der Waals surface area contributed by atoms with Crippen LogP contribution >= 0.6 is 11.3 Å². The summed E-state index contributed by atoms with van der Waals surface area (Å²) in [4.78, 5) is 33.3. The van der Waals surface area contributed by atoms with Crippen LogP contribution in [0.1, 0.15) is 35.2 Å². The molecule has 1 amide bonds. The molecule has 1 fully saturated rings. The molecule has 2 heterocycles. The third kappa shape index (κ3) is 4.59. The van der Waals surface area contributed by atoms with Gasteiger partial charge in [0.2, 0.25) is 0 Å². The Kier molecular flexibility index (Phi) is 7.01. The van der Waals surface area contributed by atoms with Gasteiger partial charge in [0.25, 0.3) is 5.78 Å². The smallest absolute Gasteiger partial charge is 0.301 e. The summed E-state index contributed by atoms with van der Waals surface area (Å²) in [5, 5.41) is 11.8. The lowest BCUT2D eigenvalue weighted by atomic mass is 9.95. The Morgan fingerprint density at radius 2 is 1.74 bits per heavy atom. The molecule has 4 aromatic rings. The molecule has 1 N–H and O–H groups in total. The third-order valence-corrected chi connectivity index (χ3v) is 7.64. The van der Waals surface area contributed by atoms with Crippen LogP contribution in [-0.4, -0.2) is 42.6 Å². The molecule has 1 aromatic heterocycles. The lowest BCUT2D eigenvalue weighted by Gasteiger charge is -2.24. The van der Waals surface area contributed by atoms with Gasteiger partial charge in [-0.1, -0.05) is 23.5 Å². The van der Waals surface area contributed by atoms with Gasteiger partial charge in [-0.25, -0.2) is 4.98 Å². The highest BCUT2D eigenvalue weighted by molar-refractivity contribution is 7.22. The monoisotopic (exact) mass is 544 g/mol. The first kappa shape index (κ1) is 26.2. The van der Waals surface area contributed by atoms with Gasteiger partial charge in [-0.3, -0.25) is 14.5 Å². The SMILES string of the molecule is CCOc1ccc(C2/C(=C(\O)c3ccc(OC)cc3)C(=O)C(=O)N2c2nc3c(C)cc(C)cc3s2)cc1OC. The van der Waals surface area contributed by atoms with Crippen molar-refractivity contribution in [3.8, 4) is 17.2 Å². The molecule has 8 nitrogen and oxygen atoms in total. The number of benzene rings is 3. The molecular weight excluding hydrogens is 516 g/mol. The van der Waals surface area contributed by atoms with Gasteiger partial charge in [0, 0.05) is 5.56 Å². The van der Waals surface area contributed by atoms with E-state index in [0.29, 0.717) is 40.1 Å². The first-order chi connectivity index (χ1) is 18.8. The Bertz CT molecular complexity index is 1620. The fourth-order valence-electron chi connectivity index (χ4n) is 4.84. The van der Waals surface area contributed by atoms with Gasteiger partial charge in [0.05, 0.1) is 42.7 Å². The minimum absolute atomic E-state index is 0.0384. The van der Waals surface area contributed by atoms with Crippen LogP contribution in [0.5, 0.6) is 17.2 Å². The van der Waals surface area contributed by atoms with E-state index >= 15 is 0 Å². The molecular formula is C30H28N2O6S. The Hall–Kier alpha value is -4.37. The number of anilines is 1. The summed E-state index contributed by atoms with van der Waals surface area (Å²) in [7, 11) is 3.06. The molecule has 1 saturated heterocycles. The Balaban J connectivity index is 1.74. The summed E-state index contributed by atoms with van der Waals surface area (Å²) >= 11 is 1.33. The number of ether oxygens (including phenoxy) is 3. The molecule has 1 aliphatic heterocycles. The number of aryl methyl sites for hydroxylation is 2. The lowest BCUT2D eigenvalue weighted by molar-refractivity contribution is -0.132. The van der Waals surface area contributed by atoms with E-state index in [9.17, 15) is 14.7 Å². The highest BCUT2D eigenvalue weighted by atomic mass is 32.1. The van der Waals surface area contributed by atoms with Crippen molar-refractivity contribution in [3.63, 3.8) is 0 Å². The first-order valence-electron chi connectivity index (χ1n) is 12.4. The van der Waals surface area contributed by atoms with E-state index in [1.165, 1.54) is 23.3 Å². The molecule has 0 radical (unpaired) electrons. The second-order valence-electron chi connectivity index (χ2n) is 9.17. The van der Waals surface area contributed by atoms with E-state index in [1.807, 2.05) is 32.9 Å². The second-order valence-corrected chi connectivity index (χ2v) is 10.2. The number of carbonyl (C=O) groups is 2. The molecule has 200 valence electrons. The lowest BCUT2D eigenvalue weighted by Crippen LogP contribution is -2.29. The molecule has 9 heteroatoms. The molecule has 0 saturated carbocycles. The summed E-state index contributed by atoms with van der Waals surface area (Å²) in [5.41, 5.74) is 3.72. The molecule has 1 unspecified atom stereocenters. The summed E-state index contributed by atoms with van der Waals surface area (Å²) in [5.74, 6) is -0.281. The number of carbonyl (C=O) groups excluding carboxylic acids is 2. The number of aliphatic hydroxyl groups is 1. The van der Waals surface area contributed by atoms with Crippen LogP contribution in [0.3, 0.4) is 0 Å². The van der Waals surface area contributed by atoms with E-state index < -0.39 is 17.7 Å². The van der Waals surface area contributed by atoms with Gasteiger partial charge in [-0.15, -0.1) is 0 Å². The maximum atomic E-state index is 13.6. The van der Waals surface area contributed by atoms with E-state index in [0.717, 1.165) is 21.3 Å². The standard InChI is InChI=1S/C30H28N2O6S/c1-6-38-21-12-9-19(15-22(21)37-5)26-24(27(33)18-7-10-20(36-4)11-8-18)28(34)29(35)32(26)30-31-25-17(3)13-16(2)14-23(25)39-30/h7-15,26,33H,6H2,1-5H3/b27-24+. The number of rotatable bonds is 7. The van der Waals surface area contributed by atoms with Gasteiger partial charge in [0.15, 0.2) is 16.6 Å². The number of Topliss-reactive ketones (excluding diaryl/α,β-unsaturated/α-hetero) is 1. The molecule has 1 aliphatic rings. The minimum atomic E-state index is -0.946. The van der Waals surface area contributed by atoms with Crippen molar-refractivity contribution in [1.29, 1.82) is 0 Å². The van der Waals surface area contributed by atoms with Crippen molar-refractivity contribution in [1.82, 2.24) is 4.98 Å². The zero-order valence-corrected chi connectivity index (χ0v) is 23.1. The number of hydrogen-bond donors (Lipinski definition) is 1. The van der Waals surface area contributed by atoms with Crippen LogP contribution in [0.15, 0.2) is 60.2 Å². The maximum absolute atomic E-state index is 13.6. The Labute approximate surface area is 230 Å². The predicted octanol–water partition coefficient (Wildman–Crippen LogP) is 5.96. The average molecular weight is 545 g/mol. The normalized spacial score (nSPS) is 16.6. The van der Waals surface area contributed by atoms with Crippen molar-refractivity contribution >= 4 is 44.1 Å². The van der Waals surface area contributed by atoms with Crippen LogP contribution in [-0.2, 0) is 9.59 Å². The first-order valence-corrected chi connectivity index (χ1v) is 13.2. The second kappa shape index (κ2) is 10.4. The van der Waals surface area contributed by atoms with Crippen molar-refractivity contribution in [2.75, 3.05) is 25.7 Å². The molecule has 3 aromatic carbocycles. The van der Waals surface area contributed by atoms with Gasteiger partial charge < -0.3 is 19.3 Å². The zero-order chi connectivity index (χ0) is 27.8. The summed E-state index contributed by atoms with van der Waals surface area (Å²) < 4.78 is 17.4. The molecule has 39 heavy (non-hydrogen) atoms. The van der Waals surface area contributed by atoms with Gasteiger partial charge >= 0.3 is 5.91 Å². The highest BCUT2D eigenvalue weighted by Crippen LogP contribution is 2.46. The van der Waals surface area contributed by atoms with Crippen molar-refractivity contribution < 1.29 is 28.9 Å². The summed E-state index contributed by atoms with van der Waals surface area (Å²) in [6.07, 6.45) is 0. The fourth-order valence-corrected chi connectivity index (χ4v) is 6.01. The summed E-state index contributed by atoms with van der Waals surface area (Å²) in [6.45, 7) is 6.27. The number of methoxy groups -OCH3 is 2. The predicted molar refractivity (Wildman–Crippen MR) is 151 cm³/mol. The average Bonchev–Trinajstić information content (AvgIpc) is 3.47. The van der Waals surface area contributed by atoms with Crippen LogP contribution in [0.4, 0.5) is 5.13 Å². The van der Waals surface area contributed by atoms with Crippen LogP contribution in [0, 0.1) is 13.8 Å². The molecule has 0 aliphatic carbocycles. The van der Waals surface area contributed by atoms with E-state index in [1.54, 1.807) is 49.6 Å². The number of ketones is 1. The molecule has 5 rings (SSSR count). The molecule has 1 atom stereocenters. The van der Waals surface area contributed by atoms with E-state index in [-0.39, 0.29) is 11.3 Å². The number of amides is 1. The summed E-state index contributed by atoms with van der Waals surface area (Å²) in [6, 6.07) is 14.9.